The number of rotatable bonds is 8. The van der Waals surface area contributed by atoms with Crippen LogP contribution in [-0.2, 0) is 4.74 Å². The highest BCUT2D eigenvalue weighted by Crippen LogP contribution is 2.40. The predicted molar refractivity (Wildman–Crippen MR) is 96.1 cm³/mol. The quantitative estimate of drug-likeness (QED) is 0.495. The zero-order valence-corrected chi connectivity index (χ0v) is 15.4. The second-order valence-electron chi connectivity index (χ2n) is 8.07. The third kappa shape index (κ3) is 6.46. The van der Waals surface area contributed by atoms with Gasteiger partial charge in [-0.1, -0.05) is 32.6 Å². The molecular weight excluding hydrogens is 282 g/mol. The van der Waals surface area contributed by atoms with Crippen molar-refractivity contribution >= 4 is 0 Å². The summed E-state index contributed by atoms with van der Waals surface area (Å²) in [4.78, 5) is 0. The second-order valence-corrected chi connectivity index (χ2v) is 8.07. The Balaban J connectivity index is 1.59. The zero-order valence-electron chi connectivity index (χ0n) is 15.4. The molecular formula is C21H37NO. The average Bonchev–Trinajstić information content (AvgIpc) is 2.59. The van der Waals surface area contributed by atoms with Crippen LogP contribution < -0.4 is 0 Å². The molecule has 132 valence electrons. The van der Waals surface area contributed by atoms with Crippen molar-refractivity contribution in [3.8, 4) is 6.07 Å². The van der Waals surface area contributed by atoms with Crippen molar-refractivity contribution in [3.05, 3.63) is 0 Å². The Morgan fingerprint density at radius 2 is 1.52 bits per heavy atom. The Labute approximate surface area is 144 Å². The van der Waals surface area contributed by atoms with Crippen LogP contribution in [0.25, 0.3) is 0 Å². The van der Waals surface area contributed by atoms with Crippen LogP contribution in [-0.4, -0.2) is 12.2 Å². The van der Waals surface area contributed by atoms with Crippen molar-refractivity contribution in [2.24, 2.45) is 17.8 Å². The van der Waals surface area contributed by atoms with Crippen molar-refractivity contribution in [1.29, 1.82) is 5.26 Å². The molecule has 0 aromatic heterocycles. The SMILES string of the molecule is CCCCCCC(C)OC1CCC(C2CCC(C#N)CC2)CC1. The molecule has 1 atom stereocenters. The van der Waals surface area contributed by atoms with E-state index in [4.69, 9.17) is 10.00 Å². The zero-order chi connectivity index (χ0) is 16.5. The van der Waals surface area contributed by atoms with Gasteiger partial charge in [-0.3, -0.25) is 0 Å². The van der Waals surface area contributed by atoms with E-state index in [1.807, 2.05) is 0 Å². The molecule has 0 bridgehead atoms. The van der Waals surface area contributed by atoms with Gasteiger partial charge in [0.05, 0.1) is 18.3 Å². The van der Waals surface area contributed by atoms with Gasteiger partial charge in [0.1, 0.15) is 0 Å². The van der Waals surface area contributed by atoms with Gasteiger partial charge in [-0.05, 0) is 76.5 Å². The number of hydrogen-bond acceptors (Lipinski definition) is 2. The first kappa shape index (κ1) is 18.8. The fraction of sp³-hybridized carbons (Fsp3) is 0.952. The maximum Gasteiger partial charge on any atom is 0.0655 e. The summed E-state index contributed by atoms with van der Waals surface area (Å²) in [5.74, 6) is 2.15. The summed E-state index contributed by atoms with van der Waals surface area (Å²) in [6.45, 7) is 4.53. The number of unbranched alkanes of at least 4 members (excludes halogenated alkanes) is 3. The van der Waals surface area contributed by atoms with Crippen molar-refractivity contribution in [1.82, 2.24) is 0 Å². The Bertz CT molecular complexity index is 345. The maximum atomic E-state index is 9.03. The largest absolute Gasteiger partial charge is 0.375 e. The summed E-state index contributed by atoms with van der Waals surface area (Å²) in [7, 11) is 0. The highest BCUT2D eigenvalue weighted by Gasteiger charge is 2.31. The lowest BCUT2D eigenvalue weighted by molar-refractivity contribution is -0.0379. The van der Waals surface area contributed by atoms with E-state index < -0.39 is 0 Å². The van der Waals surface area contributed by atoms with Crippen molar-refractivity contribution in [2.45, 2.75) is 110 Å². The first-order valence-corrected chi connectivity index (χ1v) is 10.3. The summed E-state index contributed by atoms with van der Waals surface area (Å²) in [6, 6.07) is 2.46. The molecule has 2 heteroatoms. The molecule has 0 aliphatic heterocycles. The van der Waals surface area contributed by atoms with Gasteiger partial charge in [0, 0.05) is 5.92 Å². The Hall–Kier alpha value is -0.550. The lowest BCUT2D eigenvalue weighted by Gasteiger charge is -2.37. The van der Waals surface area contributed by atoms with Gasteiger partial charge in [-0.15, -0.1) is 0 Å². The number of nitriles is 1. The summed E-state index contributed by atoms with van der Waals surface area (Å²) in [6.07, 6.45) is 17.7. The molecule has 2 fully saturated rings. The summed E-state index contributed by atoms with van der Waals surface area (Å²) in [5, 5.41) is 9.03. The van der Waals surface area contributed by atoms with E-state index in [2.05, 4.69) is 19.9 Å². The minimum absolute atomic E-state index is 0.347. The molecule has 0 aromatic carbocycles. The molecule has 2 nitrogen and oxygen atoms in total. The number of ether oxygens (including phenoxy) is 1. The average molecular weight is 320 g/mol. The first-order valence-electron chi connectivity index (χ1n) is 10.3. The van der Waals surface area contributed by atoms with Crippen LogP contribution in [0.4, 0.5) is 0 Å². The monoisotopic (exact) mass is 319 g/mol. The van der Waals surface area contributed by atoms with Crippen LogP contribution in [0.15, 0.2) is 0 Å². The van der Waals surface area contributed by atoms with Crippen LogP contribution in [0, 0.1) is 29.1 Å². The fourth-order valence-electron chi connectivity index (χ4n) is 4.67. The van der Waals surface area contributed by atoms with Gasteiger partial charge in [0.25, 0.3) is 0 Å². The van der Waals surface area contributed by atoms with Crippen LogP contribution in [0.2, 0.25) is 0 Å². The van der Waals surface area contributed by atoms with E-state index in [1.54, 1.807) is 0 Å². The van der Waals surface area contributed by atoms with Gasteiger partial charge in [0.15, 0.2) is 0 Å². The van der Waals surface area contributed by atoms with E-state index in [1.165, 1.54) is 70.6 Å². The highest BCUT2D eigenvalue weighted by molar-refractivity contribution is 4.89. The normalized spacial score (nSPS) is 33.1. The van der Waals surface area contributed by atoms with Crippen LogP contribution >= 0.6 is 0 Å². The molecule has 2 rings (SSSR count). The second kappa shape index (κ2) is 10.3. The Morgan fingerprint density at radius 1 is 0.913 bits per heavy atom. The van der Waals surface area contributed by atoms with Crippen molar-refractivity contribution in [2.75, 3.05) is 0 Å². The minimum Gasteiger partial charge on any atom is -0.375 e. The third-order valence-corrected chi connectivity index (χ3v) is 6.23. The molecule has 0 heterocycles. The minimum atomic E-state index is 0.347. The molecule has 0 saturated heterocycles. The highest BCUT2D eigenvalue weighted by atomic mass is 16.5. The molecule has 2 aliphatic carbocycles. The van der Waals surface area contributed by atoms with E-state index in [0.717, 1.165) is 24.7 Å². The van der Waals surface area contributed by atoms with Gasteiger partial charge in [-0.2, -0.15) is 5.26 Å². The van der Waals surface area contributed by atoms with E-state index in [9.17, 15) is 0 Å². The maximum absolute atomic E-state index is 9.03. The van der Waals surface area contributed by atoms with Crippen molar-refractivity contribution in [3.63, 3.8) is 0 Å². The Kier molecular flexibility index (Phi) is 8.45. The molecule has 1 unspecified atom stereocenters. The molecule has 0 spiro atoms. The van der Waals surface area contributed by atoms with Gasteiger partial charge in [0.2, 0.25) is 0 Å². The van der Waals surface area contributed by atoms with Crippen LogP contribution in [0.1, 0.15) is 97.3 Å². The summed E-state index contributed by atoms with van der Waals surface area (Å²) < 4.78 is 6.30. The number of nitrogens with zero attached hydrogens (tertiary/aromatic N) is 1. The standard InChI is InChI=1S/C21H37NO/c1-3-4-5-6-7-17(2)23-21-14-12-20(13-15-21)19-10-8-18(16-22)9-11-19/h17-21H,3-15H2,1-2H3. The molecule has 0 aromatic rings. The van der Waals surface area contributed by atoms with Crippen LogP contribution in [0.3, 0.4) is 0 Å². The van der Waals surface area contributed by atoms with E-state index in [-0.39, 0.29) is 0 Å². The van der Waals surface area contributed by atoms with E-state index >= 15 is 0 Å². The molecule has 2 aliphatic rings. The molecule has 23 heavy (non-hydrogen) atoms. The van der Waals surface area contributed by atoms with Crippen molar-refractivity contribution < 1.29 is 4.74 Å². The van der Waals surface area contributed by atoms with Crippen LogP contribution in [0.5, 0.6) is 0 Å². The number of hydrogen-bond donors (Lipinski definition) is 0. The van der Waals surface area contributed by atoms with E-state index in [0.29, 0.717) is 18.1 Å². The summed E-state index contributed by atoms with van der Waals surface area (Å²) in [5.41, 5.74) is 0. The smallest absolute Gasteiger partial charge is 0.0655 e. The van der Waals surface area contributed by atoms with Gasteiger partial charge < -0.3 is 4.74 Å². The Morgan fingerprint density at radius 3 is 2.09 bits per heavy atom. The molecule has 0 radical (unpaired) electrons. The lowest BCUT2D eigenvalue weighted by Crippen LogP contribution is -2.30. The third-order valence-electron chi connectivity index (χ3n) is 6.23. The van der Waals surface area contributed by atoms with Gasteiger partial charge >= 0.3 is 0 Å². The molecule has 0 amide bonds. The molecule has 0 N–H and O–H groups in total. The fourth-order valence-corrected chi connectivity index (χ4v) is 4.67. The molecule has 2 saturated carbocycles. The topological polar surface area (TPSA) is 33.0 Å². The summed E-state index contributed by atoms with van der Waals surface area (Å²) >= 11 is 0. The first-order chi connectivity index (χ1) is 11.2. The predicted octanol–water partition coefficient (Wildman–Crippen LogP) is 6.25. The van der Waals surface area contributed by atoms with Gasteiger partial charge in [-0.25, -0.2) is 0 Å². The lowest BCUT2D eigenvalue weighted by atomic mass is 9.71.